The number of carbonyl (C=O) groups excluding carboxylic acids is 2. The van der Waals surface area contributed by atoms with Crippen LogP contribution >= 0.6 is 11.6 Å². The average Bonchev–Trinajstić information content (AvgIpc) is 2.68. The van der Waals surface area contributed by atoms with Gasteiger partial charge < -0.3 is 10.1 Å². The number of carbonyl (C=O) groups is 2. The maximum Gasteiger partial charge on any atom is 0.325 e. The first kappa shape index (κ1) is 17.2. The van der Waals surface area contributed by atoms with Crippen LogP contribution in [0.5, 0.6) is 0 Å². The molecule has 1 amide bonds. The zero-order chi connectivity index (χ0) is 16.0. The SMILES string of the molecule is COC(=O)CNC(=O)/C=C/c1c(C)nn(CC(C)C)c1Cl. The number of hydrogen-bond donors (Lipinski definition) is 1. The van der Waals surface area contributed by atoms with E-state index in [1.807, 2.05) is 6.92 Å². The minimum absolute atomic E-state index is 0.168. The van der Waals surface area contributed by atoms with Crippen molar-refractivity contribution in [3.63, 3.8) is 0 Å². The van der Waals surface area contributed by atoms with Gasteiger partial charge in [0, 0.05) is 18.2 Å². The number of rotatable bonds is 6. The van der Waals surface area contributed by atoms with Crippen LogP contribution in [0, 0.1) is 12.8 Å². The van der Waals surface area contributed by atoms with E-state index >= 15 is 0 Å². The van der Waals surface area contributed by atoms with E-state index in [-0.39, 0.29) is 6.54 Å². The van der Waals surface area contributed by atoms with Crippen LogP contribution in [-0.4, -0.2) is 35.3 Å². The van der Waals surface area contributed by atoms with Crippen LogP contribution in [-0.2, 0) is 20.9 Å². The van der Waals surface area contributed by atoms with Crippen molar-refractivity contribution in [2.45, 2.75) is 27.3 Å². The third-order valence-corrected chi connectivity index (χ3v) is 3.08. The van der Waals surface area contributed by atoms with Gasteiger partial charge in [0.2, 0.25) is 5.91 Å². The molecular weight excluding hydrogens is 294 g/mol. The largest absolute Gasteiger partial charge is 0.468 e. The summed E-state index contributed by atoms with van der Waals surface area (Å²) >= 11 is 6.25. The Labute approximate surface area is 129 Å². The first-order valence-corrected chi connectivity index (χ1v) is 6.98. The van der Waals surface area contributed by atoms with E-state index in [0.29, 0.717) is 23.2 Å². The molecule has 1 aromatic rings. The van der Waals surface area contributed by atoms with Gasteiger partial charge in [-0.1, -0.05) is 25.4 Å². The number of halogens is 1. The summed E-state index contributed by atoms with van der Waals surface area (Å²) in [4.78, 5) is 22.5. The van der Waals surface area contributed by atoms with Crippen LogP contribution in [0.25, 0.3) is 6.08 Å². The third-order valence-electron chi connectivity index (χ3n) is 2.68. The van der Waals surface area contributed by atoms with Crippen molar-refractivity contribution in [1.82, 2.24) is 15.1 Å². The second-order valence-corrected chi connectivity index (χ2v) is 5.35. The monoisotopic (exact) mass is 313 g/mol. The van der Waals surface area contributed by atoms with Crippen LogP contribution in [0.4, 0.5) is 0 Å². The van der Waals surface area contributed by atoms with Gasteiger partial charge in [-0.15, -0.1) is 0 Å². The first-order valence-electron chi connectivity index (χ1n) is 6.60. The predicted octanol–water partition coefficient (Wildman–Crippen LogP) is 1.80. The molecule has 0 unspecified atom stereocenters. The summed E-state index contributed by atoms with van der Waals surface area (Å²) in [6.07, 6.45) is 2.91. The fourth-order valence-electron chi connectivity index (χ4n) is 1.67. The highest BCUT2D eigenvalue weighted by Crippen LogP contribution is 2.22. The van der Waals surface area contributed by atoms with Crippen LogP contribution < -0.4 is 5.32 Å². The highest BCUT2D eigenvalue weighted by atomic mass is 35.5. The molecule has 1 aromatic heterocycles. The van der Waals surface area contributed by atoms with Crippen molar-refractivity contribution >= 4 is 29.6 Å². The number of nitrogens with one attached hydrogen (secondary N) is 1. The van der Waals surface area contributed by atoms with E-state index < -0.39 is 11.9 Å². The quantitative estimate of drug-likeness (QED) is 0.642. The van der Waals surface area contributed by atoms with E-state index in [0.717, 1.165) is 5.69 Å². The fourth-order valence-corrected chi connectivity index (χ4v) is 1.98. The van der Waals surface area contributed by atoms with Crippen molar-refractivity contribution in [3.8, 4) is 0 Å². The topological polar surface area (TPSA) is 73.2 Å². The van der Waals surface area contributed by atoms with Gasteiger partial charge >= 0.3 is 5.97 Å². The molecule has 0 atom stereocenters. The summed E-state index contributed by atoms with van der Waals surface area (Å²) in [5.41, 5.74) is 1.45. The standard InChI is InChI=1S/C14H20ClN3O3/c1-9(2)8-18-14(15)11(10(3)17-18)5-6-12(19)16-7-13(20)21-4/h5-6,9H,7-8H2,1-4H3,(H,16,19)/b6-5+. The summed E-state index contributed by atoms with van der Waals surface area (Å²) < 4.78 is 6.15. The molecule has 7 heteroatoms. The zero-order valence-electron chi connectivity index (χ0n) is 12.6. The van der Waals surface area contributed by atoms with Gasteiger partial charge in [-0.05, 0) is 18.9 Å². The van der Waals surface area contributed by atoms with E-state index in [9.17, 15) is 9.59 Å². The van der Waals surface area contributed by atoms with E-state index in [2.05, 4.69) is 29.0 Å². The van der Waals surface area contributed by atoms with Gasteiger partial charge in [-0.2, -0.15) is 5.10 Å². The first-order chi connectivity index (χ1) is 9.85. The van der Waals surface area contributed by atoms with Crippen molar-refractivity contribution in [2.75, 3.05) is 13.7 Å². The Balaban J connectivity index is 2.74. The number of amides is 1. The molecule has 1 rings (SSSR count). The normalized spacial score (nSPS) is 11.1. The molecule has 0 radical (unpaired) electrons. The number of nitrogens with zero attached hydrogens (tertiary/aromatic N) is 2. The van der Waals surface area contributed by atoms with Gasteiger partial charge in [-0.3, -0.25) is 14.3 Å². The smallest absolute Gasteiger partial charge is 0.325 e. The third kappa shape index (κ3) is 5.23. The van der Waals surface area contributed by atoms with Crippen LogP contribution in [0.15, 0.2) is 6.08 Å². The van der Waals surface area contributed by atoms with Gasteiger partial charge in [0.1, 0.15) is 11.7 Å². The number of methoxy groups -OCH3 is 1. The number of esters is 1. The van der Waals surface area contributed by atoms with Crippen molar-refractivity contribution < 1.29 is 14.3 Å². The molecule has 0 saturated carbocycles. The highest BCUT2D eigenvalue weighted by Gasteiger charge is 2.12. The molecule has 1 heterocycles. The fraction of sp³-hybridized carbons (Fsp3) is 0.500. The Bertz CT molecular complexity index is 550. The average molecular weight is 314 g/mol. The van der Waals surface area contributed by atoms with Crippen molar-refractivity contribution in [3.05, 3.63) is 22.5 Å². The zero-order valence-corrected chi connectivity index (χ0v) is 13.4. The molecule has 0 aliphatic carbocycles. The predicted molar refractivity (Wildman–Crippen MR) is 80.9 cm³/mol. The molecule has 6 nitrogen and oxygen atoms in total. The Kier molecular flexibility index (Phi) is 6.42. The molecule has 0 saturated heterocycles. The molecule has 21 heavy (non-hydrogen) atoms. The van der Waals surface area contributed by atoms with Crippen LogP contribution in [0.1, 0.15) is 25.1 Å². The molecular formula is C14H20ClN3O3. The van der Waals surface area contributed by atoms with E-state index in [1.165, 1.54) is 13.2 Å². The molecule has 0 fully saturated rings. The second kappa shape index (κ2) is 7.83. The maximum atomic E-state index is 11.6. The summed E-state index contributed by atoms with van der Waals surface area (Å²) in [5, 5.41) is 7.25. The van der Waals surface area contributed by atoms with Crippen LogP contribution in [0.3, 0.4) is 0 Å². The lowest BCUT2D eigenvalue weighted by atomic mass is 10.2. The molecule has 0 aromatic carbocycles. The molecule has 116 valence electrons. The molecule has 0 bridgehead atoms. The maximum absolute atomic E-state index is 11.6. The molecule has 1 N–H and O–H groups in total. The van der Waals surface area contributed by atoms with Gasteiger partial charge in [0.25, 0.3) is 0 Å². The minimum Gasteiger partial charge on any atom is -0.468 e. The summed E-state index contributed by atoms with van der Waals surface area (Å²) in [6.45, 7) is 6.52. The van der Waals surface area contributed by atoms with E-state index in [4.69, 9.17) is 11.6 Å². The molecule has 0 aliphatic heterocycles. The minimum atomic E-state index is -0.504. The van der Waals surface area contributed by atoms with Crippen molar-refractivity contribution in [1.29, 1.82) is 0 Å². The molecule has 0 spiro atoms. The number of aromatic nitrogens is 2. The second-order valence-electron chi connectivity index (χ2n) is 4.99. The Hall–Kier alpha value is -1.82. The number of ether oxygens (including phenoxy) is 1. The van der Waals surface area contributed by atoms with Crippen molar-refractivity contribution in [2.24, 2.45) is 5.92 Å². The van der Waals surface area contributed by atoms with Gasteiger partial charge in [-0.25, -0.2) is 0 Å². The summed E-state index contributed by atoms with van der Waals surface area (Å²) in [7, 11) is 1.26. The lowest BCUT2D eigenvalue weighted by Crippen LogP contribution is -2.28. The van der Waals surface area contributed by atoms with Gasteiger partial charge in [0.15, 0.2) is 0 Å². The van der Waals surface area contributed by atoms with Crippen LogP contribution in [0.2, 0.25) is 5.15 Å². The van der Waals surface area contributed by atoms with Gasteiger partial charge in [0.05, 0.1) is 12.8 Å². The summed E-state index contributed by atoms with van der Waals surface area (Å²) in [5.74, 6) is -0.481. The molecule has 0 aliphatic rings. The summed E-state index contributed by atoms with van der Waals surface area (Å²) in [6, 6.07) is 0. The highest BCUT2D eigenvalue weighted by molar-refractivity contribution is 6.31. The Morgan fingerprint density at radius 3 is 2.71 bits per heavy atom. The Morgan fingerprint density at radius 2 is 2.14 bits per heavy atom. The lowest BCUT2D eigenvalue weighted by molar-refractivity contribution is -0.140. The number of aryl methyl sites for hydroxylation is 1. The number of hydrogen-bond acceptors (Lipinski definition) is 4. The van der Waals surface area contributed by atoms with E-state index in [1.54, 1.807) is 10.8 Å². The lowest BCUT2D eigenvalue weighted by Gasteiger charge is -2.05. The Morgan fingerprint density at radius 1 is 1.48 bits per heavy atom.